The minimum Gasteiger partial charge on any atom is -0.305 e. The van der Waals surface area contributed by atoms with Gasteiger partial charge in [0.1, 0.15) is 0 Å². The Kier molecular flexibility index (Phi) is 4.01. The van der Waals surface area contributed by atoms with Crippen LogP contribution in [0.15, 0.2) is 23.3 Å². The first kappa shape index (κ1) is 11.9. The van der Waals surface area contributed by atoms with Gasteiger partial charge in [-0.2, -0.15) is 0 Å². The fourth-order valence-electron chi connectivity index (χ4n) is 1.67. The van der Waals surface area contributed by atoms with Crippen LogP contribution >= 0.6 is 0 Å². The molecule has 1 aliphatic carbocycles. The maximum Gasteiger partial charge on any atom is 0.0575 e. The van der Waals surface area contributed by atoms with Crippen LogP contribution in [-0.2, 0) is 0 Å². The topological polar surface area (TPSA) is 47.7 Å². The van der Waals surface area contributed by atoms with Crippen LogP contribution in [0.4, 0.5) is 0 Å². The van der Waals surface area contributed by atoms with Gasteiger partial charge in [-0.3, -0.25) is 0 Å². The fraction of sp³-hybridized carbons (Fsp3) is 0.538. The highest BCUT2D eigenvalue weighted by molar-refractivity contribution is 6.17. The van der Waals surface area contributed by atoms with E-state index in [1.165, 1.54) is 12.0 Å². The largest absolute Gasteiger partial charge is 0.305 e. The maximum absolute atomic E-state index is 7.81. The van der Waals surface area contributed by atoms with E-state index in [4.69, 9.17) is 10.8 Å². The van der Waals surface area contributed by atoms with Gasteiger partial charge in [0, 0.05) is 12.1 Å². The highest BCUT2D eigenvalue weighted by Crippen LogP contribution is 2.21. The molecule has 0 aromatic carbocycles. The van der Waals surface area contributed by atoms with Gasteiger partial charge in [0.05, 0.1) is 5.71 Å². The van der Waals surface area contributed by atoms with Crippen molar-refractivity contribution in [1.82, 2.24) is 0 Å². The number of allylic oxidation sites excluding steroid dienone is 4. The van der Waals surface area contributed by atoms with Gasteiger partial charge in [-0.15, -0.1) is 0 Å². The molecule has 0 spiro atoms. The Labute approximate surface area is 92.1 Å². The van der Waals surface area contributed by atoms with Gasteiger partial charge < -0.3 is 10.8 Å². The predicted octanol–water partition coefficient (Wildman–Crippen LogP) is 3.74. The zero-order valence-corrected chi connectivity index (χ0v) is 9.85. The summed E-state index contributed by atoms with van der Waals surface area (Å²) in [6, 6.07) is 0. The standard InChI is InChI=1S/C13H20N2/c1-9(2)4-5-10(3)12-8-11(14)6-7-13(12)15/h6-7,9,14-15H,4-5,8H2,1-3H3. The molecule has 0 radical (unpaired) electrons. The molecule has 0 unspecified atom stereocenters. The highest BCUT2D eigenvalue weighted by Gasteiger charge is 2.13. The lowest BCUT2D eigenvalue weighted by atomic mass is 9.90. The van der Waals surface area contributed by atoms with Crippen molar-refractivity contribution in [3.8, 4) is 0 Å². The van der Waals surface area contributed by atoms with Gasteiger partial charge >= 0.3 is 0 Å². The molecule has 2 heteroatoms. The number of nitrogens with one attached hydrogen (secondary N) is 2. The smallest absolute Gasteiger partial charge is 0.0575 e. The van der Waals surface area contributed by atoms with Crippen LogP contribution < -0.4 is 0 Å². The van der Waals surface area contributed by atoms with Crippen LogP contribution in [0.25, 0.3) is 0 Å². The molecule has 82 valence electrons. The summed E-state index contributed by atoms with van der Waals surface area (Å²) in [5, 5.41) is 15.4. The van der Waals surface area contributed by atoms with Crippen molar-refractivity contribution in [2.75, 3.05) is 0 Å². The van der Waals surface area contributed by atoms with Gasteiger partial charge in [-0.1, -0.05) is 19.4 Å². The minimum atomic E-state index is 0.590. The lowest BCUT2D eigenvalue weighted by Gasteiger charge is -2.15. The first-order chi connectivity index (χ1) is 7.00. The van der Waals surface area contributed by atoms with Crippen LogP contribution in [0.2, 0.25) is 0 Å². The highest BCUT2D eigenvalue weighted by atomic mass is 14.5. The van der Waals surface area contributed by atoms with Crippen molar-refractivity contribution < 1.29 is 0 Å². The number of hydrogen-bond donors (Lipinski definition) is 2. The van der Waals surface area contributed by atoms with Gasteiger partial charge in [0.2, 0.25) is 0 Å². The average Bonchev–Trinajstić information content (AvgIpc) is 2.18. The van der Waals surface area contributed by atoms with Crippen LogP contribution in [0.3, 0.4) is 0 Å². The first-order valence-corrected chi connectivity index (χ1v) is 5.53. The second-order valence-corrected chi connectivity index (χ2v) is 4.64. The monoisotopic (exact) mass is 204 g/mol. The van der Waals surface area contributed by atoms with Crippen LogP contribution in [0.5, 0.6) is 0 Å². The van der Waals surface area contributed by atoms with Crippen molar-refractivity contribution in [1.29, 1.82) is 10.8 Å². The second-order valence-electron chi connectivity index (χ2n) is 4.64. The molecule has 0 aliphatic heterocycles. The lowest BCUT2D eigenvalue weighted by Crippen LogP contribution is -2.11. The molecular weight excluding hydrogens is 184 g/mol. The third-order valence-corrected chi connectivity index (χ3v) is 2.76. The van der Waals surface area contributed by atoms with E-state index in [-0.39, 0.29) is 0 Å². The Morgan fingerprint density at radius 1 is 1.33 bits per heavy atom. The summed E-state index contributed by atoms with van der Waals surface area (Å²) >= 11 is 0. The molecule has 1 aliphatic rings. The van der Waals surface area contributed by atoms with E-state index in [0.717, 1.165) is 12.0 Å². The normalized spacial score (nSPS) is 20.0. The molecule has 0 atom stereocenters. The van der Waals surface area contributed by atoms with Crippen LogP contribution in [0, 0.1) is 16.7 Å². The van der Waals surface area contributed by atoms with E-state index in [0.29, 0.717) is 23.8 Å². The molecule has 2 nitrogen and oxygen atoms in total. The van der Waals surface area contributed by atoms with E-state index in [9.17, 15) is 0 Å². The van der Waals surface area contributed by atoms with E-state index in [1.807, 2.05) is 0 Å². The Bertz CT molecular complexity index is 332. The summed E-state index contributed by atoms with van der Waals surface area (Å²) in [5.41, 5.74) is 3.54. The minimum absolute atomic E-state index is 0.590. The molecule has 0 bridgehead atoms. The predicted molar refractivity (Wildman–Crippen MR) is 66.0 cm³/mol. The molecule has 0 amide bonds. The summed E-state index contributed by atoms with van der Waals surface area (Å²) in [5.74, 6) is 0.702. The van der Waals surface area contributed by atoms with Crippen molar-refractivity contribution in [2.45, 2.75) is 40.0 Å². The number of rotatable bonds is 3. The number of hydrogen-bond acceptors (Lipinski definition) is 2. The average molecular weight is 204 g/mol. The first-order valence-electron chi connectivity index (χ1n) is 5.53. The molecule has 0 saturated heterocycles. The zero-order chi connectivity index (χ0) is 11.4. The van der Waals surface area contributed by atoms with Gasteiger partial charge in [0.25, 0.3) is 0 Å². The summed E-state index contributed by atoms with van der Waals surface area (Å²) in [6.07, 6.45) is 6.32. The Balaban J connectivity index is 2.75. The van der Waals surface area contributed by atoms with Crippen molar-refractivity contribution in [2.24, 2.45) is 5.92 Å². The second kappa shape index (κ2) is 5.06. The SMILES string of the molecule is CC(CCC(C)C)=C1CC(=N)C=CC1=N. The van der Waals surface area contributed by atoms with E-state index < -0.39 is 0 Å². The van der Waals surface area contributed by atoms with E-state index in [1.54, 1.807) is 12.2 Å². The lowest BCUT2D eigenvalue weighted by molar-refractivity contribution is 0.583. The molecule has 15 heavy (non-hydrogen) atoms. The van der Waals surface area contributed by atoms with E-state index in [2.05, 4.69) is 20.8 Å². The molecular formula is C13H20N2. The van der Waals surface area contributed by atoms with Crippen molar-refractivity contribution >= 4 is 11.4 Å². The van der Waals surface area contributed by atoms with E-state index >= 15 is 0 Å². The molecule has 0 heterocycles. The van der Waals surface area contributed by atoms with Gasteiger partial charge in [0.15, 0.2) is 0 Å². The van der Waals surface area contributed by atoms with Crippen LogP contribution in [0.1, 0.15) is 40.0 Å². The maximum atomic E-state index is 7.81. The Hall–Kier alpha value is -1.18. The molecule has 1 rings (SSSR count). The molecule has 0 aromatic heterocycles. The third-order valence-electron chi connectivity index (χ3n) is 2.76. The van der Waals surface area contributed by atoms with Gasteiger partial charge in [-0.25, -0.2) is 0 Å². The summed E-state index contributed by atoms with van der Waals surface area (Å²) in [4.78, 5) is 0. The molecule has 2 N–H and O–H groups in total. The Morgan fingerprint density at radius 3 is 2.60 bits per heavy atom. The quantitative estimate of drug-likeness (QED) is 0.703. The van der Waals surface area contributed by atoms with Gasteiger partial charge in [-0.05, 0) is 43.4 Å². The van der Waals surface area contributed by atoms with Crippen molar-refractivity contribution in [3.63, 3.8) is 0 Å². The molecule has 0 aromatic rings. The Morgan fingerprint density at radius 2 is 2.00 bits per heavy atom. The van der Waals surface area contributed by atoms with Crippen LogP contribution in [-0.4, -0.2) is 11.4 Å². The fourth-order valence-corrected chi connectivity index (χ4v) is 1.67. The molecule has 0 fully saturated rings. The summed E-state index contributed by atoms with van der Waals surface area (Å²) in [6.45, 7) is 6.52. The summed E-state index contributed by atoms with van der Waals surface area (Å²) < 4.78 is 0. The zero-order valence-electron chi connectivity index (χ0n) is 9.85. The third kappa shape index (κ3) is 3.46. The summed E-state index contributed by atoms with van der Waals surface area (Å²) in [7, 11) is 0. The van der Waals surface area contributed by atoms with Crippen molar-refractivity contribution in [3.05, 3.63) is 23.3 Å². The molecule has 0 saturated carbocycles.